The molecule has 9 heteroatoms. The zero-order valence-corrected chi connectivity index (χ0v) is 15.2. The first-order chi connectivity index (χ1) is 12.3. The summed E-state index contributed by atoms with van der Waals surface area (Å²) >= 11 is 0. The zero-order chi connectivity index (χ0) is 18.5. The summed E-state index contributed by atoms with van der Waals surface area (Å²) in [5, 5.41) is 16.7. The highest BCUT2D eigenvalue weighted by Gasteiger charge is 2.35. The minimum Gasteiger partial charge on any atom is -0.351 e. The molecule has 0 N–H and O–H groups in total. The summed E-state index contributed by atoms with van der Waals surface area (Å²) in [4.78, 5) is 16.1. The molecule has 1 saturated heterocycles. The molecule has 1 amide bonds. The number of aromatic nitrogens is 5. The van der Waals surface area contributed by atoms with Gasteiger partial charge in [0.1, 0.15) is 5.82 Å². The van der Waals surface area contributed by atoms with Gasteiger partial charge in [-0.2, -0.15) is 4.52 Å². The lowest BCUT2D eigenvalue weighted by molar-refractivity contribution is 0.0663. The Hall–Kier alpha value is -2.97. The molecular weight excluding hydrogens is 334 g/mol. The SMILES string of the molecule is CN(C(=O)c1ccno1)C1CN(c2ccc3nnc(C(C)(C)C)n3n2)C1. The van der Waals surface area contributed by atoms with Crippen LogP contribution in [0.5, 0.6) is 0 Å². The van der Waals surface area contributed by atoms with Crippen LogP contribution in [0.1, 0.15) is 37.2 Å². The molecule has 9 nitrogen and oxygen atoms in total. The molecule has 0 atom stereocenters. The molecule has 136 valence electrons. The molecular formula is C17H21N7O2. The Bertz CT molecular complexity index is 936. The fourth-order valence-corrected chi connectivity index (χ4v) is 2.97. The van der Waals surface area contributed by atoms with Crippen LogP contribution in [0.2, 0.25) is 0 Å². The van der Waals surface area contributed by atoms with Gasteiger partial charge in [0.2, 0.25) is 5.76 Å². The molecule has 0 unspecified atom stereocenters. The van der Waals surface area contributed by atoms with Crippen molar-refractivity contribution < 1.29 is 9.32 Å². The van der Waals surface area contributed by atoms with E-state index in [-0.39, 0.29) is 23.1 Å². The average Bonchev–Trinajstić information content (AvgIpc) is 3.21. The van der Waals surface area contributed by atoms with Crippen LogP contribution < -0.4 is 4.90 Å². The predicted molar refractivity (Wildman–Crippen MR) is 94.1 cm³/mol. The van der Waals surface area contributed by atoms with Gasteiger partial charge in [-0.3, -0.25) is 4.79 Å². The molecule has 0 aliphatic carbocycles. The second-order valence-corrected chi connectivity index (χ2v) is 7.59. The van der Waals surface area contributed by atoms with Gasteiger partial charge >= 0.3 is 0 Å². The van der Waals surface area contributed by atoms with Crippen molar-refractivity contribution in [2.24, 2.45) is 0 Å². The molecule has 0 radical (unpaired) electrons. The molecule has 1 aliphatic rings. The van der Waals surface area contributed by atoms with E-state index in [1.165, 1.54) is 6.20 Å². The van der Waals surface area contributed by atoms with Gasteiger partial charge in [0, 0.05) is 31.6 Å². The number of hydrogen-bond donors (Lipinski definition) is 0. The number of amides is 1. The molecule has 0 spiro atoms. The highest BCUT2D eigenvalue weighted by molar-refractivity contribution is 5.91. The maximum absolute atomic E-state index is 12.3. The van der Waals surface area contributed by atoms with Crippen molar-refractivity contribution in [3.63, 3.8) is 0 Å². The van der Waals surface area contributed by atoms with Crippen LogP contribution in [-0.4, -0.2) is 62.0 Å². The Kier molecular flexibility index (Phi) is 3.67. The van der Waals surface area contributed by atoms with Gasteiger partial charge in [0.25, 0.3) is 5.91 Å². The van der Waals surface area contributed by atoms with Gasteiger partial charge in [0.05, 0.1) is 12.2 Å². The number of hydrogen-bond acceptors (Lipinski definition) is 7. The topological polar surface area (TPSA) is 92.7 Å². The summed E-state index contributed by atoms with van der Waals surface area (Å²) in [7, 11) is 1.78. The van der Waals surface area contributed by atoms with E-state index in [0.29, 0.717) is 13.1 Å². The molecule has 4 rings (SSSR count). The minimum absolute atomic E-state index is 0.105. The maximum atomic E-state index is 12.3. The Morgan fingerprint density at radius 3 is 2.65 bits per heavy atom. The normalized spacial score (nSPS) is 15.3. The van der Waals surface area contributed by atoms with Gasteiger partial charge in [-0.1, -0.05) is 25.9 Å². The van der Waals surface area contributed by atoms with Crippen molar-refractivity contribution in [1.29, 1.82) is 0 Å². The largest absolute Gasteiger partial charge is 0.351 e. The third-order valence-corrected chi connectivity index (χ3v) is 4.62. The first-order valence-electron chi connectivity index (χ1n) is 8.50. The van der Waals surface area contributed by atoms with E-state index in [1.807, 2.05) is 12.1 Å². The molecule has 3 aromatic heterocycles. The molecule has 3 aromatic rings. The van der Waals surface area contributed by atoms with E-state index >= 15 is 0 Å². The summed E-state index contributed by atoms with van der Waals surface area (Å²) in [5.41, 5.74) is 0.583. The van der Waals surface area contributed by atoms with Crippen molar-refractivity contribution in [2.45, 2.75) is 32.2 Å². The van der Waals surface area contributed by atoms with Crippen molar-refractivity contribution in [3.05, 3.63) is 36.0 Å². The van der Waals surface area contributed by atoms with Gasteiger partial charge < -0.3 is 14.3 Å². The van der Waals surface area contributed by atoms with Crippen LogP contribution in [0, 0.1) is 0 Å². The number of likely N-dealkylation sites (N-methyl/N-ethyl adjacent to an activating group) is 1. The van der Waals surface area contributed by atoms with Crippen LogP contribution in [0.3, 0.4) is 0 Å². The lowest BCUT2D eigenvalue weighted by Gasteiger charge is -2.44. The smallest absolute Gasteiger partial charge is 0.292 e. The van der Waals surface area contributed by atoms with E-state index in [0.717, 1.165) is 17.3 Å². The van der Waals surface area contributed by atoms with Crippen LogP contribution in [0.15, 0.2) is 28.9 Å². The van der Waals surface area contributed by atoms with E-state index < -0.39 is 0 Å². The van der Waals surface area contributed by atoms with Crippen molar-refractivity contribution in [3.8, 4) is 0 Å². The predicted octanol–water partition coefficient (Wildman–Crippen LogP) is 1.37. The minimum atomic E-state index is -0.163. The average molecular weight is 355 g/mol. The summed E-state index contributed by atoms with van der Waals surface area (Å²) < 4.78 is 6.74. The Balaban J connectivity index is 1.49. The molecule has 4 heterocycles. The highest BCUT2D eigenvalue weighted by Crippen LogP contribution is 2.25. The number of fused-ring (bicyclic) bond motifs is 1. The van der Waals surface area contributed by atoms with E-state index in [9.17, 15) is 4.79 Å². The molecule has 0 bridgehead atoms. The molecule has 0 saturated carbocycles. The first kappa shape index (κ1) is 16.5. The van der Waals surface area contributed by atoms with Gasteiger partial charge in [-0.05, 0) is 12.1 Å². The van der Waals surface area contributed by atoms with Gasteiger partial charge in [-0.25, -0.2) is 0 Å². The number of carbonyl (C=O) groups is 1. The lowest BCUT2D eigenvalue weighted by atomic mass is 9.96. The van der Waals surface area contributed by atoms with Crippen molar-refractivity contribution in [1.82, 2.24) is 29.9 Å². The number of anilines is 1. The van der Waals surface area contributed by atoms with Gasteiger partial charge in [0.15, 0.2) is 11.5 Å². The van der Waals surface area contributed by atoms with Crippen LogP contribution >= 0.6 is 0 Å². The standard InChI is InChI=1S/C17H21N7O2/c1-17(2,3)16-20-19-13-5-6-14(21-24(13)16)23-9-11(10-23)22(4)15(25)12-7-8-18-26-12/h5-8,11H,9-10H2,1-4H3. The summed E-state index contributed by atoms with van der Waals surface area (Å²) in [5.74, 6) is 1.76. The fraction of sp³-hybridized carbons (Fsp3) is 0.471. The quantitative estimate of drug-likeness (QED) is 0.700. The first-order valence-corrected chi connectivity index (χ1v) is 8.50. The summed E-state index contributed by atoms with van der Waals surface area (Å²) in [6.45, 7) is 7.67. The second kappa shape index (κ2) is 5.79. The third-order valence-electron chi connectivity index (χ3n) is 4.62. The second-order valence-electron chi connectivity index (χ2n) is 7.59. The maximum Gasteiger partial charge on any atom is 0.292 e. The number of carbonyl (C=O) groups excluding carboxylic acids is 1. The molecule has 1 fully saturated rings. The number of rotatable bonds is 3. The monoisotopic (exact) mass is 355 g/mol. The summed E-state index contributed by atoms with van der Waals surface area (Å²) in [6.07, 6.45) is 1.47. The lowest BCUT2D eigenvalue weighted by Crippen LogP contribution is -2.60. The Morgan fingerprint density at radius 1 is 1.23 bits per heavy atom. The van der Waals surface area contributed by atoms with Crippen LogP contribution in [0.25, 0.3) is 5.65 Å². The van der Waals surface area contributed by atoms with E-state index in [4.69, 9.17) is 9.62 Å². The Morgan fingerprint density at radius 2 is 2.00 bits per heavy atom. The van der Waals surface area contributed by atoms with Crippen LogP contribution in [0.4, 0.5) is 5.82 Å². The van der Waals surface area contributed by atoms with Crippen molar-refractivity contribution in [2.75, 3.05) is 25.0 Å². The van der Waals surface area contributed by atoms with Gasteiger partial charge in [-0.15, -0.1) is 15.3 Å². The highest BCUT2D eigenvalue weighted by atomic mass is 16.5. The number of nitrogens with zero attached hydrogens (tertiary/aromatic N) is 7. The van der Waals surface area contributed by atoms with E-state index in [1.54, 1.807) is 22.5 Å². The third kappa shape index (κ3) is 2.69. The van der Waals surface area contributed by atoms with Crippen molar-refractivity contribution >= 4 is 17.4 Å². The summed E-state index contributed by atoms with van der Waals surface area (Å²) in [6, 6.07) is 5.53. The molecule has 1 aliphatic heterocycles. The fourth-order valence-electron chi connectivity index (χ4n) is 2.97. The molecule has 26 heavy (non-hydrogen) atoms. The Labute approximate surface area is 150 Å². The zero-order valence-electron chi connectivity index (χ0n) is 15.2. The van der Waals surface area contributed by atoms with E-state index in [2.05, 4.69) is 41.0 Å². The van der Waals surface area contributed by atoms with Crippen LogP contribution in [-0.2, 0) is 5.41 Å². The molecule has 0 aromatic carbocycles.